The maximum Gasteiger partial charge on any atom is 0.317 e. The van der Waals surface area contributed by atoms with E-state index in [-0.39, 0.29) is 30.4 Å². The third kappa shape index (κ3) is 4.10. The molecule has 3 amide bonds. The second-order valence-corrected chi connectivity index (χ2v) is 6.41. The van der Waals surface area contributed by atoms with Gasteiger partial charge in [0, 0.05) is 37.8 Å². The van der Waals surface area contributed by atoms with Crippen LogP contribution in [-0.2, 0) is 4.79 Å². The number of nitrogens with zero attached hydrogens (tertiary/aromatic N) is 2. The van der Waals surface area contributed by atoms with Crippen LogP contribution < -0.4 is 10.1 Å². The first-order valence-corrected chi connectivity index (χ1v) is 8.60. The fourth-order valence-corrected chi connectivity index (χ4v) is 3.30. The van der Waals surface area contributed by atoms with Gasteiger partial charge in [-0.3, -0.25) is 9.59 Å². The summed E-state index contributed by atoms with van der Waals surface area (Å²) in [4.78, 5) is 39.1. The van der Waals surface area contributed by atoms with Gasteiger partial charge in [-0.1, -0.05) is 12.1 Å². The molecule has 2 saturated heterocycles. The van der Waals surface area contributed by atoms with Crippen molar-refractivity contribution in [3.63, 3.8) is 0 Å². The van der Waals surface area contributed by atoms with Crippen molar-refractivity contribution in [1.82, 2.24) is 15.1 Å². The Balaban J connectivity index is 1.47. The largest absolute Gasteiger partial charge is 0.484 e. The van der Waals surface area contributed by atoms with Crippen molar-refractivity contribution in [2.45, 2.75) is 25.8 Å². The molecule has 0 aromatic heterocycles. The number of urea groups is 1. The summed E-state index contributed by atoms with van der Waals surface area (Å²) in [6.45, 7) is 4.15. The van der Waals surface area contributed by atoms with Crippen LogP contribution in [0.1, 0.15) is 30.1 Å². The quantitative estimate of drug-likeness (QED) is 0.816. The van der Waals surface area contributed by atoms with E-state index in [0.717, 1.165) is 19.4 Å². The molecule has 0 radical (unpaired) electrons. The highest BCUT2D eigenvalue weighted by Crippen LogP contribution is 2.19. The molecule has 2 aliphatic rings. The van der Waals surface area contributed by atoms with E-state index in [9.17, 15) is 14.4 Å². The molecule has 25 heavy (non-hydrogen) atoms. The van der Waals surface area contributed by atoms with Gasteiger partial charge in [0.1, 0.15) is 5.75 Å². The molecular formula is C18H23N3O4. The minimum atomic E-state index is -0.0717. The number of ether oxygens (including phenoxy) is 1. The third-order valence-electron chi connectivity index (χ3n) is 4.75. The number of ketones is 1. The summed E-state index contributed by atoms with van der Waals surface area (Å²) in [5, 5.41) is 2.81. The molecule has 134 valence electrons. The molecule has 1 aromatic carbocycles. The molecule has 0 aliphatic carbocycles. The number of hydrogen-bond acceptors (Lipinski definition) is 4. The van der Waals surface area contributed by atoms with Gasteiger partial charge in [-0.2, -0.15) is 0 Å². The Kier molecular flexibility index (Phi) is 5.21. The zero-order valence-corrected chi connectivity index (χ0v) is 14.4. The van der Waals surface area contributed by atoms with E-state index in [0.29, 0.717) is 30.9 Å². The van der Waals surface area contributed by atoms with Crippen LogP contribution in [0.4, 0.5) is 4.79 Å². The molecule has 2 heterocycles. The first-order valence-electron chi connectivity index (χ1n) is 8.60. The molecule has 7 heteroatoms. The summed E-state index contributed by atoms with van der Waals surface area (Å²) in [6.07, 6.45) is 1.58. The molecule has 7 nitrogen and oxygen atoms in total. The summed E-state index contributed by atoms with van der Waals surface area (Å²) < 4.78 is 5.54. The number of benzene rings is 1. The van der Waals surface area contributed by atoms with Crippen LogP contribution in [-0.4, -0.2) is 66.3 Å². The van der Waals surface area contributed by atoms with Gasteiger partial charge in [0.2, 0.25) is 0 Å². The van der Waals surface area contributed by atoms with Crippen LogP contribution in [0.2, 0.25) is 0 Å². The van der Waals surface area contributed by atoms with E-state index < -0.39 is 0 Å². The number of Topliss-reactive ketones (excluding diaryl/α,β-unsaturated/α-hetero) is 1. The van der Waals surface area contributed by atoms with Crippen molar-refractivity contribution >= 4 is 17.7 Å². The number of carbonyl (C=O) groups excluding carboxylic acids is 3. The number of amides is 3. The second-order valence-electron chi connectivity index (χ2n) is 6.41. The van der Waals surface area contributed by atoms with Crippen LogP contribution in [0.25, 0.3) is 0 Å². The van der Waals surface area contributed by atoms with Gasteiger partial charge in [0.05, 0.1) is 0 Å². The van der Waals surface area contributed by atoms with E-state index in [1.54, 1.807) is 29.2 Å². The minimum Gasteiger partial charge on any atom is -0.484 e. The van der Waals surface area contributed by atoms with Gasteiger partial charge in [-0.25, -0.2) is 4.79 Å². The fraction of sp³-hybridized carbons (Fsp3) is 0.500. The summed E-state index contributed by atoms with van der Waals surface area (Å²) in [5.74, 6) is 0.409. The van der Waals surface area contributed by atoms with E-state index in [2.05, 4.69) is 5.32 Å². The zero-order valence-electron chi connectivity index (χ0n) is 14.4. The van der Waals surface area contributed by atoms with Crippen LogP contribution in [0, 0.1) is 0 Å². The molecule has 3 rings (SSSR count). The lowest BCUT2D eigenvalue weighted by Crippen LogP contribution is -2.48. The standard InChI is InChI=1S/C18H23N3O4/c1-13(22)14-3-2-4-16(11-14)25-12-17(23)20-8-5-15(6-9-20)21-10-7-19-18(21)24/h2-4,11,15H,5-10,12H2,1H3,(H,19,24). The minimum absolute atomic E-state index is 0.00142. The molecular weight excluding hydrogens is 322 g/mol. The van der Waals surface area contributed by atoms with E-state index in [1.807, 2.05) is 4.90 Å². The Morgan fingerprint density at radius 3 is 2.64 bits per heavy atom. The molecule has 2 fully saturated rings. The van der Waals surface area contributed by atoms with Crippen LogP contribution in [0.15, 0.2) is 24.3 Å². The predicted molar refractivity (Wildman–Crippen MR) is 91.6 cm³/mol. The topological polar surface area (TPSA) is 79.0 Å². The average Bonchev–Trinajstić information content (AvgIpc) is 3.06. The molecule has 0 saturated carbocycles. The van der Waals surface area contributed by atoms with Gasteiger partial charge >= 0.3 is 6.03 Å². The van der Waals surface area contributed by atoms with Crippen LogP contribution in [0.5, 0.6) is 5.75 Å². The number of likely N-dealkylation sites (tertiary alicyclic amines) is 1. The summed E-state index contributed by atoms with van der Waals surface area (Å²) in [5.41, 5.74) is 0.564. The maximum absolute atomic E-state index is 12.3. The summed E-state index contributed by atoms with van der Waals surface area (Å²) >= 11 is 0. The van der Waals surface area contributed by atoms with E-state index >= 15 is 0 Å². The third-order valence-corrected chi connectivity index (χ3v) is 4.75. The van der Waals surface area contributed by atoms with Crippen molar-refractivity contribution in [3.05, 3.63) is 29.8 Å². The Morgan fingerprint density at radius 1 is 1.24 bits per heavy atom. The van der Waals surface area contributed by atoms with Gasteiger partial charge < -0.3 is 19.9 Å². The van der Waals surface area contributed by atoms with Crippen LogP contribution in [0.3, 0.4) is 0 Å². The number of carbonyl (C=O) groups is 3. The monoisotopic (exact) mass is 345 g/mol. The summed E-state index contributed by atoms with van der Waals surface area (Å²) in [7, 11) is 0. The Morgan fingerprint density at radius 2 is 2.00 bits per heavy atom. The molecule has 1 N–H and O–H groups in total. The Bertz CT molecular complexity index is 668. The first-order chi connectivity index (χ1) is 12.0. The number of piperidine rings is 1. The molecule has 2 aliphatic heterocycles. The highest BCUT2D eigenvalue weighted by Gasteiger charge is 2.31. The molecule has 0 spiro atoms. The summed E-state index contributed by atoms with van der Waals surface area (Å²) in [6, 6.07) is 7.05. The van der Waals surface area contributed by atoms with E-state index in [4.69, 9.17) is 4.74 Å². The van der Waals surface area contributed by atoms with Gasteiger partial charge in [-0.15, -0.1) is 0 Å². The van der Waals surface area contributed by atoms with Crippen molar-refractivity contribution in [1.29, 1.82) is 0 Å². The lowest BCUT2D eigenvalue weighted by molar-refractivity contribution is -0.134. The van der Waals surface area contributed by atoms with Gasteiger partial charge in [0.25, 0.3) is 5.91 Å². The zero-order chi connectivity index (χ0) is 17.8. The Hall–Kier alpha value is -2.57. The van der Waals surface area contributed by atoms with Crippen molar-refractivity contribution in [2.75, 3.05) is 32.8 Å². The Labute approximate surface area is 146 Å². The van der Waals surface area contributed by atoms with Gasteiger partial charge in [0.15, 0.2) is 12.4 Å². The molecule has 1 aromatic rings. The van der Waals surface area contributed by atoms with E-state index in [1.165, 1.54) is 6.92 Å². The molecule has 0 unspecified atom stereocenters. The van der Waals surface area contributed by atoms with Gasteiger partial charge in [-0.05, 0) is 31.9 Å². The average molecular weight is 345 g/mol. The lowest BCUT2D eigenvalue weighted by Gasteiger charge is -2.36. The normalized spacial score (nSPS) is 18.2. The van der Waals surface area contributed by atoms with Crippen LogP contribution >= 0.6 is 0 Å². The fourth-order valence-electron chi connectivity index (χ4n) is 3.30. The maximum atomic E-state index is 12.3. The number of hydrogen-bond donors (Lipinski definition) is 1. The number of rotatable bonds is 5. The van der Waals surface area contributed by atoms with Crippen molar-refractivity contribution in [2.24, 2.45) is 0 Å². The highest BCUT2D eigenvalue weighted by molar-refractivity contribution is 5.94. The molecule has 0 atom stereocenters. The number of nitrogens with one attached hydrogen (secondary N) is 1. The second kappa shape index (κ2) is 7.55. The van der Waals surface area contributed by atoms with Crippen molar-refractivity contribution < 1.29 is 19.1 Å². The smallest absolute Gasteiger partial charge is 0.317 e. The lowest BCUT2D eigenvalue weighted by atomic mass is 10.0. The van der Waals surface area contributed by atoms with Crippen molar-refractivity contribution in [3.8, 4) is 5.75 Å². The SMILES string of the molecule is CC(=O)c1cccc(OCC(=O)N2CCC(N3CCNC3=O)CC2)c1. The predicted octanol–water partition coefficient (Wildman–Crippen LogP) is 1.28. The highest BCUT2D eigenvalue weighted by atomic mass is 16.5. The molecule has 0 bridgehead atoms. The first kappa shape index (κ1) is 17.3.